The van der Waals surface area contributed by atoms with Gasteiger partial charge in [0.15, 0.2) is 0 Å². The Balaban J connectivity index is 2.98. The first-order chi connectivity index (χ1) is 6.77. The van der Waals surface area contributed by atoms with Crippen LogP contribution in [-0.4, -0.2) is 12.1 Å². The number of rotatable bonds is 1. The summed E-state index contributed by atoms with van der Waals surface area (Å²) in [4.78, 5) is 4.03. The number of hydrogen-bond acceptors (Lipinski definition) is 4. The maximum absolute atomic E-state index is 8.29. The van der Waals surface area contributed by atoms with Gasteiger partial charge in [0.1, 0.15) is 5.69 Å². The minimum absolute atomic E-state index is 0.165. The molecule has 0 aliphatic heterocycles. The SMILES string of the molecule is COc1ccc(N)c(C#CCC#N)n1. The Morgan fingerprint density at radius 2 is 2.36 bits per heavy atom. The fourth-order valence-corrected chi connectivity index (χ4v) is 0.833. The molecule has 0 aliphatic carbocycles. The summed E-state index contributed by atoms with van der Waals surface area (Å²) in [6, 6.07) is 5.24. The standard InChI is InChI=1S/C10H9N3O/c1-14-10-6-5-8(12)9(13-10)4-2-3-7-11/h5-6H,3,12H2,1H3. The van der Waals surface area contributed by atoms with Gasteiger partial charge in [0.25, 0.3) is 0 Å². The van der Waals surface area contributed by atoms with Crippen LogP contribution < -0.4 is 10.5 Å². The van der Waals surface area contributed by atoms with Crippen LogP contribution >= 0.6 is 0 Å². The maximum Gasteiger partial charge on any atom is 0.214 e. The third kappa shape index (κ3) is 2.40. The van der Waals surface area contributed by atoms with Crippen LogP contribution in [0.15, 0.2) is 12.1 Å². The molecule has 0 fully saturated rings. The second-order valence-corrected chi connectivity index (χ2v) is 2.43. The van der Waals surface area contributed by atoms with Crippen molar-refractivity contribution in [2.75, 3.05) is 12.8 Å². The molecule has 1 aromatic heterocycles. The van der Waals surface area contributed by atoms with E-state index in [1.54, 1.807) is 12.1 Å². The zero-order valence-electron chi connectivity index (χ0n) is 7.74. The van der Waals surface area contributed by atoms with E-state index in [1.165, 1.54) is 7.11 Å². The highest BCUT2D eigenvalue weighted by Crippen LogP contribution is 2.13. The summed E-state index contributed by atoms with van der Waals surface area (Å²) >= 11 is 0. The van der Waals surface area contributed by atoms with E-state index in [4.69, 9.17) is 15.7 Å². The quantitative estimate of drug-likeness (QED) is 0.664. The number of hydrogen-bond donors (Lipinski definition) is 1. The lowest BCUT2D eigenvalue weighted by Crippen LogP contribution is -1.96. The fourth-order valence-electron chi connectivity index (χ4n) is 0.833. The monoisotopic (exact) mass is 187 g/mol. The van der Waals surface area contributed by atoms with Crippen molar-refractivity contribution in [1.82, 2.24) is 4.98 Å². The van der Waals surface area contributed by atoms with E-state index in [0.717, 1.165) is 0 Å². The number of nitriles is 1. The van der Waals surface area contributed by atoms with Crippen LogP contribution in [0.25, 0.3) is 0 Å². The highest BCUT2D eigenvalue weighted by atomic mass is 16.5. The van der Waals surface area contributed by atoms with E-state index < -0.39 is 0 Å². The molecule has 4 heteroatoms. The molecule has 0 saturated carbocycles. The van der Waals surface area contributed by atoms with E-state index in [1.807, 2.05) is 6.07 Å². The predicted molar refractivity (Wildman–Crippen MR) is 52.3 cm³/mol. The number of methoxy groups -OCH3 is 1. The number of nitrogens with two attached hydrogens (primary N) is 1. The van der Waals surface area contributed by atoms with Crippen LogP contribution in [0.2, 0.25) is 0 Å². The minimum atomic E-state index is 0.165. The van der Waals surface area contributed by atoms with Crippen molar-refractivity contribution in [3.8, 4) is 23.8 Å². The largest absolute Gasteiger partial charge is 0.481 e. The first-order valence-corrected chi connectivity index (χ1v) is 3.94. The van der Waals surface area contributed by atoms with Gasteiger partial charge in [-0.15, -0.1) is 0 Å². The Morgan fingerprint density at radius 1 is 1.57 bits per heavy atom. The van der Waals surface area contributed by atoms with Gasteiger partial charge in [-0.05, 0) is 12.0 Å². The lowest BCUT2D eigenvalue weighted by molar-refractivity contribution is 0.397. The van der Waals surface area contributed by atoms with Crippen molar-refractivity contribution < 1.29 is 4.74 Å². The van der Waals surface area contributed by atoms with Gasteiger partial charge < -0.3 is 10.5 Å². The predicted octanol–water partition coefficient (Wildman–Crippen LogP) is 0.938. The van der Waals surface area contributed by atoms with E-state index in [0.29, 0.717) is 17.3 Å². The number of pyridine rings is 1. The molecule has 1 rings (SSSR count). The van der Waals surface area contributed by atoms with Gasteiger partial charge in [0.2, 0.25) is 5.88 Å². The van der Waals surface area contributed by atoms with Gasteiger partial charge in [-0.3, -0.25) is 0 Å². The van der Waals surface area contributed by atoms with E-state index in [2.05, 4.69) is 16.8 Å². The van der Waals surface area contributed by atoms with Crippen LogP contribution in [0.1, 0.15) is 12.1 Å². The van der Waals surface area contributed by atoms with E-state index in [9.17, 15) is 0 Å². The number of aromatic nitrogens is 1. The molecule has 0 radical (unpaired) electrons. The van der Waals surface area contributed by atoms with Crippen molar-refractivity contribution in [3.63, 3.8) is 0 Å². The summed E-state index contributed by atoms with van der Waals surface area (Å²) in [6.45, 7) is 0. The van der Waals surface area contributed by atoms with Crippen LogP contribution in [0.3, 0.4) is 0 Å². The van der Waals surface area contributed by atoms with Crippen molar-refractivity contribution in [2.24, 2.45) is 0 Å². The lowest BCUT2D eigenvalue weighted by atomic mass is 10.3. The van der Waals surface area contributed by atoms with Crippen LogP contribution in [0, 0.1) is 23.2 Å². The topological polar surface area (TPSA) is 71.9 Å². The Kier molecular flexibility index (Phi) is 3.34. The summed E-state index contributed by atoms with van der Waals surface area (Å²) in [6.07, 6.45) is 0.165. The summed E-state index contributed by atoms with van der Waals surface area (Å²) in [5.74, 6) is 5.79. The fraction of sp³-hybridized carbons (Fsp3) is 0.200. The van der Waals surface area contributed by atoms with Gasteiger partial charge in [-0.2, -0.15) is 5.26 Å². The second-order valence-electron chi connectivity index (χ2n) is 2.43. The average Bonchev–Trinajstić information content (AvgIpc) is 2.21. The van der Waals surface area contributed by atoms with Crippen molar-refractivity contribution in [2.45, 2.75) is 6.42 Å². The average molecular weight is 187 g/mol. The van der Waals surface area contributed by atoms with Crippen LogP contribution in [0.4, 0.5) is 5.69 Å². The highest BCUT2D eigenvalue weighted by Gasteiger charge is 1.99. The second kappa shape index (κ2) is 4.74. The van der Waals surface area contributed by atoms with Gasteiger partial charge in [-0.1, -0.05) is 5.92 Å². The smallest absolute Gasteiger partial charge is 0.214 e. The lowest BCUT2D eigenvalue weighted by Gasteiger charge is -2.00. The van der Waals surface area contributed by atoms with Gasteiger partial charge in [0, 0.05) is 6.07 Å². The molecule has 0 bridgehead atoms. The zero-order valence-corrected chi connectivity index (χ0v) is 7.74. The molecule has 0 aliphatic rings. The molecule has 70 valence electrons. The molecule has 0 unspecified atom stereocenters. The minimum Gasteiger partial charge on any atom is -0.481 e. The summed E-state index contributed by atoms with van der Waals surface area (Å²) < 4.78 is 4.92. The molecule has 0 saturated heterocycles. The summed E-state index contributed by atoms with van der Waals surface area (Å²) in [7, 11) is 1.52. The van der Waals surface area contributed by atoms with Gasteiger partial charge in [-0.25, -0.2) is 4.98 Å². The highest BCUT2D eigenvalue weighted by molar-refractivity contribution is 5.52. The Labute approximate surface area is 82.3 Å². The van der Waals surface area contributed by atoms with Crippen molar-refractivity contribution in [1.29, 1.82) is 5.26 Å². The molecule has 4 nitrogen and oxygen atoms in total. The molecule has 2 N–H and O–H groups in total. The van der Waals surface area contributed by atoms with Crippen LogP contribution in [0.5, 0.6) is 5.88 Å². The van der Waals surface area contributed by atoms with Gasteiger partial charge in [0.05, 0.1) is 25.3 Å². The first kappa shape index (κ1) is 9.88. The third-order valence-corrected chi connectivity index (χ3v) is 1.48. The van der Waals surface area contributed by atoms with E-state index >= 15 is 0 Å². The van der Waals surface area contributed by atoms with Crippen LogP contribution in [-0.2, 0) is 0 Å². The number of nitrogen functional groups attached to an aromatic ring is 1. The Morgan fingerprint density at radius 3 is 3.00 bits per heavy atom. The van der Waals surface area contributed by atoms with E-state index in [-0.39, 0.29) is 6.42 Å². The Hall–Kier alpha value is -2.20. The molecule has 0 aromatic carbocycles. The van der Waals surface area contributed by atoms with Crippen molar-refractivity contribution >= 4 is 5.69 Å². The number of nitrogens with zero attached hydrogens (tertiary/aromatic N) is 2. The third-order valence-electron chi connectivity index (χ3n) is 1.48. The molecular weight excluding hydrogens is 178 g/mol. The molecular formula is C10H9N3O. The maximum atomic E-state index is 8.29. The first-order valence-electron chi connectivity index (χ1n) is 3.94. The van der Waals surface area contributed by atoms with Gasteiger partial charge >= 0.3 is 0 Å². The number of anilines is 1. The molecule has 1 heterocycles. The Bertz CT molecular complexity index is 423. The zero-order chi connectivity index (χ0) is 10.4. The summed E-state index contributed by atoms with van der Waals surface area (Å²) in [5, 5.41) is 8.29. The molecule has 14 heavy (non-hydrogen) atoms. The molecule has 0 amide bonds. The summed E-state index contributed by atoms with van der Waals surface area (Å²) in [5.41, 5.74) is 6.55. The molecule has 1 aromatic rings. The molecule has 0 atom stereocenters. The van der Waals surface area contributed by atoms with Crippen molar-refractivity contribution in [3.05, 3.63) is 17.8 Å². The molecule has 0 spiro atoms. The normalized spacial score (nSPS) is 8.29. The number of ether oxygens (including phenoxy) is 1.